The molecule has 4 heteroatoms. The Morgan fingerprint density at radius 2 is 1.64 bits per heavy atom. The number of aromatic nitrogens is 2. The summed E-state index contributed by atoms with van der Waals surface area (Å²) in [6.45, 7) is 4.32. The van der Waals surface area contributed by atoms with E-state index in [-0.39, 0.29) is 12.6 Å². The molecule has 0 saturated heterocycles. The van der Waals surface area contributed by atoms with Crippen molar-refractivity contribution in [1.29, 1.82) is 0 Å². The van der Waals surface area contributed by atoms with Gasteiger partial charge in [-0.2, -0.15) is 0 Å². The zero-order chi connectivity index (χ0) is 15.5. The van der Waals surface area contributed by atoms with Crippen molar-refractivity contribution in [3.05, 3.63) is 71.0 Å². The molecule has 4 nitrogen and oxygen atoms in total. The average molecular weight is 292 g/mol. The number of hydrogen-bond donors (Lipinski definition) is 0. The second-order valence-corrected chi connectivity index (χ2v) is 5.33. The number of esters is 1. The van der Waals surface area contributed by atoms with Gasteiger partial charge in [0.05, 0.1) is 16.6 Å². The lowest BCUT2D eigenvalue weighted by Gasteiger charge is -2.07. The van der Waals surface area contributed by atoms with Crippen LogP contribution in [0.1, 0.15) is 27.0 Å². The number of carbonyl (C=O) groups is 1. The van der Waals surface area contributed by atoms with Gasteiger partial charge in [-0.05, 0) is 37.6 Å². The second-order valence-electron chi connectivity index (χ2n) is 5.33. The molecule has 0 aliphatic carbocycles. The molecule has 0 aliphatic rings. The number of ether oxygens (including phenoxy) is 1. The topological polar surface area (TPSA) is 52.1 Å². The summed E-state index contributed by atoms with van der Waals surface area (Å²) in [5.74, 6) is -0.355. The van der Waals surface area contributed by atoms with Crippen molar-refractivity contribution in [3.8, 4) is 0 Å². The number of carbonyl (C=O) groups excluding carboxylic acids is 1. The van der Waals surface area contributed by atoms with Gasteiger partial charge in [0.15, 0.2) is 0 Å². The minimum Gasteiger partial charge on any atom is -0.457 e. The van der Waals surface area contributed by atoms with Crippen LogP contribution in [-0.2, 0) is 11.3 Å². The first-order chi connectivity index (χ1) is 10.6. The van der Waals surface area contributed by atoms with E-state index in [9.17, 15) is 4.79 Å². The first-order valence-electron chi connectivity index (χ1n) is 7.07. The van der Waals surface area contributed by atoms with Crippen molar-refractivity contribution in [2.45, 2.75) is 20.5 Å². The number of aryl methyl sites for hydroxylation is 2. The molecule has 110 valence electrons. The summed E-state index contributed by atoms with van der Waals surface area (Å²) in [6.07, 6.45) is 3.23. The molecule has 0 spiro atoms. The molecule has 0 atom stereocenters. The molecule has 3 aromatic rings. The van der Waals surface area contributed by atoms with Gasteiger partial charge in [-0.3, -0.25) is 9.97 Å². The summed E-state index contributed by atoms with van der Waals surface area (Å²) in [5.41, 5.74) is 5.24. The summed E-state index contributed by atoms with van der Waals surface area (Å²) >= 11 is 0. The normalized spacial score (nSPS) is 10.6. The van der Waals surface area contributed by atoms with E-state index in [1.165, 1.54) is 0 Å². The van der Waals surface area contributed by atoms with Gasteiger partial charge in [0.1, 0.15) is 6.61 Å². The van der Waals surface area contributed by atoms with Crippen LogP contribution in [0, 0.1) is 13.8 Å². The minimum atomic E-state index is -0.355. The van der Waals surface area contributed by atoms with Crippen LogP contribution < -0.4 is 0 Å². The van der Waals surface area contributed by atoms with E-state index in [0.29, 0.717) is 11.1 Å². The van der Waals surface area contributed by atoms with Gasteiger partial charge in [-0.25, -0.2) is 4.79 Å². The lowest BCUT2D eigenvalue weighted by molar-refractivity contribution is 0.0472. The third kappa shape index (κ3) is 3.11. The Bertz CT molecular complexity index is 823. The van der Waals surface area contributed by atoms with Gasteiger partial charge in [-0.15, -0.1) is 0 Å². The fourth-order valence-electron chi connectivity index (χ4n) is 2.47. The quantitative estimate of drug-likeness (QED) is 0.692. The van der Waals surface area contributed by atoms with Crippen molar-refractivity contribution < 1.29 is 9.53 Å². The van der Waals surface area contributed by atoms with Gasteiger partial charge in [0.2, 0.25) is 0 Å². The lowest BCUT2D eigenvalue weighted by Crippen LogP contribution is -2.05. The zero-order valence-electron chi connectivity index (χ0n) is 12.5. The van der Waals surface area contributed by atoms with E-state index >= 15 is 0 Å². The average Bonchev–Trinajstić information content (AvgIpc) is 2.51. The van der Waals surface area contributed by atoms with Crippen LogP contribution in [0.3, 0.4) is 0 Å². The van der Waals surface area contributed by atoms with Crippen LogP contribution in [0.4, 0.5) is 0 Å². The number of benzene rings is 2. The van der Waals surface area contributed by atoms with Crippen LogP contribution in [0.15, 0.2) is 48.8 Å². The highest BCUT2D eigenvalue weighted by Gasteiger charge is 2.09. The van der Waals surface area contributed by atoms with Gasteiger partial charge in [-0.1, -0.05) is 29.3 Å². The van der Waals surface area contributed by atoms with E-state index in [2.05, 4.69) is 16.0 Å². The maximum absolute atomic E-state index is 12.2. The van der Waals surface area contributed by atoms with Crippen LogP contribution >= 0.6 is 0 Å². The van der Waals surface area contributed by atoms with Crippen molar-refractivity contribution in [2.75, 3.05) is 0 Å². The molecule has 0 fully saturated rings. The SMILES string of the molecule is Cc1cc(C)cc(COC(=O)c2ccc3nccnc3c2)c1. The number of hydrogen-bond acceptors (Lipinski definition) is 4. The molecule has 0 N–H and O–H groups in total. The summed E-state index contributed by atoms with van der Waals surface area (Å²) in [6, 6.07) is 11.3. The Hall–Kier alpha value is -2.75. The Morgan fingerprint density at radius 3 is 2.36 bits per heavy atom. The Morgan fingerprint density at radius 1 is 0.955 bits per heavy atom. The molecule has 2 aromatic carbocycles. The summed E-state index contributed by atoms with van der Waals surface area (Å²) in [4.78, 5) is 20.5. The van der Waals surface area contributed by atoms with Crippen molar-refractivity contribution >= 4 is 17.0 Å². The Balaban J connectivity index is 1.75. The third-order valence-corrected chi connectivity index (χ3v) is 3.36. The fraction of sp³-hybridized carbons (Fsp3) is 0.167. The third-order valence-electron chi connectivity index (χ3n) is 3.36. The monoisotopic (exact) mass is 292 g/mol. The van der Waals surface area contributed by atoms with E-state index in [1.54, 1.807) is 30.6 Å². The smallest absolute Gasteiger partial charge is 0.338 e. The van der Waals surface area contributed by atoms with E-state index < -0.39 is 0 Å². The van der Waals surface area contributed by atoms with Crippen LogP contribution in [0.2, 0.25) is 0 Å². The predicted octanol–water partition coefficient (Wildman–Crippen LogP) is 3.60. The molecule has 0 unspecified atom stereocenters. The molecule has 22 heavy (non-hydrogen) atoms. The van der Waals surface area contributed by atoms with Gasteiger partial charge in [0, 0.05) is 12.4 Å². The van der Waals surface area contributed by atoms with E-state index in [4.69, 9.17) is 4.74 Å². The predicted molar refractivity (Wildman–Crippen MR) is 84.6 cm³/mol. The molecular weight excluding hydrogens is 276 g/mol. The molecule has 0 radical (unpaired) electrons. The summed E-state index contributed by atoms with van der Waals surface area (Å²) in [5, 5.41) is 0. The van der Waals surface area contributed by atoms with E-state index in [0.717, 1.165) is 22.2 Å². The highest BCUT2D eigenvalue weighted by molar-refractivity contribution is 5.93. The number of fused-ring (bicyclic) bond motifs is 1. The Kier molecular flexibility index (Phi) is 3.83. The maximum atomic E-state index is 12.2. The van der Waals surface area contributed by atoms with E-state index in [1.807, 2.05) is 26.0 Å². The molecule has 1 heterocycles. The molecule has 0 aliphatic heterocycles. The largest absolute Gasteiger partial charge is 0.457 e. The lowest BCUT2D eigenvalue weighted by atomic mass is 10.1. The number of rotatable bonds is 3. The van der Waals surface area contributed by atoms with Crippen molar-refractivity contribution in [1.82, 2.24) is 9.97 Å². The highest BCUT2D eigenvalue weighted by Crippen LogP contribution is 2.14. The van der Waals surface area contributed by atoms with Crippen molar-refractivity contribution in [2.24, 2.45) is 0 Å². The first kappa shape index (κ1) is 14.2. The van der Waals surface area contributed by atoms with Gasteiger partial charge < -0.3 is 4.74 Å². The minimum absolute atomic E-state index is 0.264. The van der Waals surface area contributed by atoms with Gasteiger partial charge >= 0.3 is 5.97 Å². The summed E-state index contributed by atoms with van der Waals surface area (Å²) < 4.78 is 5.39. The molecule has 0 saturated carbocycles. The molecule has 3 rings (SSSR count). The van der Waals surface area contributed by atoms with Crippen LogP contribution in [-0.4, -0.2) is 15.9 Å². The standard InChI is InChI=1S/C18H16N2O2/c1-12-7-13(2)9-14(8-12)11-22-18(21)15-3-4-16-17(10-15)20-6-5-19-16/h3-10H,11H2,1-2H3. The second kappa shape index (κ2) is 5.93. The van der Waals surface area contributed by atoms with Crippen LogP contribution in [0.25, 0.3) is 11.0 Å². The van der Waals surface area contributed by atoms with Crippen molar-refractivity contribution in [3.63, 3.8) is 0 Å². The van der Waals surface area contributed by atoms with Crippen LogP contribution in [0.5, 0.6) is 0 Å². The number of nitrogens with zero attached hydrogens (tertiary/aromatic N) is 2. The first-order valence-corrected chi connectivity index (χ1v) is 7.07. The molecular formula is C18H16N2O2. The highest BCUT2D eigenvalue weighted by atomic mass is 16.5. The zero-order valence-corrected chi connectivity index (χ0v) is 12.5. The Labute approximate surface area is 128 Å². The molecule has 0 bridgehead atoms. The fourth-order valence-corrected chi connectivity index (χ4v) is 2.47. The maximum Gasteiger partial charge on any atom is 0.338 e. The summed E-state index contributed by atoms with van der Waals surface area (Å²) in [7, 11) is 0. The molecule has 0 amide bonds. The molecule has 1 aromatic heterocycles. The van der Waals surface area contributed by atoms with Gasteiger partial charge in [0.25, 0.3) is 0 Å².